The van der Waals surface area contributed by atoms with Gasteiger partial charge in [-0.3, -0.25) is 10.1 Å². The first-order valence-corrected chi connectivity index (χ1v) is 8.14. The summed E-state index contributed by atoms with van der Waals surface area (Å²) in [6.45, 7) is 8.76. The van der Waals surface area contributed by atoms with Crippen LogP contribution in [0.4, 0.5) is 0 Å². The van der Waals surface area contributed by atoms with Crippen LogP contribution in [-0.2, 0) is 20.9 Å². The maximum atomic E-state index is 12.3. The minimum absolute atomic E-state index is 0.0208. The first kappa shape index (κ1) is 17.7. The maximum Gasteiger partial charge on any atom is 0.324 e. The van der Waals surface area contributed by atoms with Crippen molar-refractivity contribution in [2.75, 3.05) is 6.61 Å². The molecule has 23 heavy (non-hydrogen) atoms. The molecule has 0 bridgehead atoms. The molecule has 2 rings (SSSR count). The summed E-state index contributed by atoms with van der Waals surface area (Å²) in [5.41, 5.74) is 0.670. The van der Waals surface area contributed by atoms with Crippen molar-refractivity contribution in [3.63, 3.8) is 0 Å². The van der Waals surface area contributed by atoms with E-state index >= 15 is 0 Å². The van der Waals surface area contributed by atoms with Gasteiger partial charge >= 0.3 is 5.97 Å². The van der Waals surface area contributed by atoms with E-state index in [9.17, 15) is 4.79 Å². The van der Waals surface area contributed by atoms with E-state index in [4.69, 9.17) is 9.47 Å². The quantitative estimate of drug-likeness (QED) is 0.670. The number of esters is 1. The molecular weight excluding hydrogens is 290 g/mol. The van der Waals surface area contributed by atoms with Crippen LogP contribution >= 0.6 is 0 Å². The van der Waals surface area contributed by atoms with Crippen molar-refractivity contribution in [2.24, 2.45) is 5.92 Å². The molecule has 126 valence electrons. The lowest BCUT2D eigenvalue weighted by molar-refractivity contribution is -0.158. The van der Waals surface area contributed by atoms with Crippen LogP contribution in [0.1, 0.15) is 33.3 Å². The number of nitrogens with one attached hydrogen (secondary N) is 1. The summed E-state index contributed by atoms with van der Waals surface area (Å²) in [6.07, 6.45) is 4.12. The van der Waals surface area contributed by atoms with E-state index in [-0.39, 0.29) is 24.0 Å². The molecule has 1 N–H and O–H groups in total. The Kier molecular flexibility index (Phi) is 5.97. The molecule has 0 amide bonds. The van der Waals surface area contributed by atoms with Crippen LogP contribution < -0.4 is 5.32 Å². The van der Waals surface area contributed by atoms with Crippen molar-refractivity contribution in [2.45, 2.75) is 52.0 Å². The summed E-state index contributed by atoms with van der Waals surface area (Å²) < 4.78 is 11.3. The molecule has 1 heterocycles. The summed E-state index contributed by atoms with van der Waals surface area (Å²) in [6, 6.07) is 9.75. The number of carbonyl (C=O) groups is 1. The molecule has 0 saturated heterocycles. The molecule has 3 atom stereocenters. The predicted molar refractivity (Wildman–Crippen MR) is 91.0 cm³/mol. The fourth-order valence-electron chi connectivity index (χ4n) is 2.49. The van der Waals surface area contributed by atoms with Crippen LogP contribution in [0.15, 0.2) is 42.5 Å². The number of benzene rings is 1. The van der Waals surface area contributed by atoms with Crippen LogP contribution in [-0.4, -0.2) is 30.3 Å². The molecule has 0 radical (unpaired) electrons. The highest BCUT2D eigenvalue weighted by Crippen LogP contribution is 2.17. The largest absolute Gasteiger partial charge is 0.459 e. The smallest absolute Gasteiger partial charge is 0.324 e. The summed E-state index contributed by atoms with van der Waals surface area (Å²) in [4.78, 5) is 12.3. The Morgan fingerprint density at radius 3 is 2.52 bits per heavy atom. The topological polar surface area (TPSA) is 47.6 Å². The minimum atomic E-state index is -0.473. The van der Waals surface area contributed by atoms with E-state index in [1.165, 1.54) is 0 Å². The molecule has 0 spiro atoms. The van der Waals surface area contributed by atoms with Gasteiger partial charge in [-0.15, -0.1) is 0 Å². The van der Waals surface area contributed by atoms with Gasteiger partial charge in [-0.2, -0.15) is 0 Å². The van der Waals surface area contributed by atoms with Gasteiger partial charge in [0.2, 0.25) is 0 Å². The van der Waals surface area contributed by atoms with Crippen molar-refractivity contribution in [3.8, 4) is 0 Å². The monoisotopic (exact) mass is 317 g/mol. The molecule has 0 saturated carbocycles. The standard InChI is InChI=1S/C19H27NO3/c1-14-10-11-16(13-22-12-15-8-6-5-7-9-15)20-17(14)18(21)23-19(2,3)4/h5-11,14,16-17,20H,12-13H2,1-4H3/t14-,16+,17-/m1/s1. The molecule has 1 aliphatic rings. The average molecular weight is 317 g/mol. The number of ether oxygens (including phenoxy) is 2. The molecule has 0 aliphatic carbocycles. The Bertz CT molecular complexity index is 533. The highest BCUT2D eigenvalue weighted by Gasteiger charge is 2.32. The normalized spacial score (nSPS) is 24.4. The Morgan fingerprint density at radius 2 is 1.87 bits per heavy atom. The second-order valence-electron chi connectivity index (χ2n) is 7.03. The van der Waals surface area contributed by atoms with Gasteiger partial charge < -0.3 is 9.47 Å². The lowest BCUT2D eigenvalue weighted by Gasteiger charge is -2.32. The Balaban J connectivity index is 1.85. The van der Waals surface area contributed by atoms with Gasteiger partial charge in [0.05, 0.1) is 13.2 Å². The molecule has 4 heteroatoms. The van der Waals surface area contributed by atoms with Crippen LogP contribution in [0, 0.1) is 5.92 Å². The van der Waals surface area contributed by atoms with Crippen LogP contribution in [0.5, 0.6) is 0 Å². The fraction of sp³-hybridized carbons (Fsp3) is 0.526. The van der Waals surface area contributed by atoms with Gasteiger partial charge in [0, 0.05) is 12.0 Å². The van der Waals surface area contributed by atoms with Crippen molar-refractivity contribution < 1.29 is 14.3 Å². The van der Waals surface area contributed by atoms with Gasteiger partial charge in [0.1, 0.15) is 11.6 Å². The third-order valence-electron chi connectivity index (χ3n) is 3.64. The third-order valence-corrected chi connectivity index (χ3v) is 3.64. The lowest BCUT2D eigenvalue weighted by atomic mass is 9.95. The summed E-state index contributed by atoms with van der Waals surface area (Å²) in [5, 5.41) is 3.33. The first-order valence-electron chi connectivity index (χ1n) is 8.14. The van der Waals surface area contributed by atoms with E-state index in [2.05, 4.69) is 17.5 Å². The zero-order valence-corrected chi connectivity index (χ0v) is 14.4. The van der Waals surface area contributed by atoms with Gasteiger partial charge in [0.25, 0.3) is 0 Å². The van der Waals surface area contributed by atoms with Crippen molar-refractivity contribution in [3.05, 3.63) is 48.0 Å². The Labute approximate surface area is 138 Å². The van der Waals surface area contributed by atoms with E-state index in [0.29, 0.717) is 13.2 Å². The summed E-state index contributed by atoms with van der Waals surface area (Å²) >= 11 is 0. The highest BCUT2D eigenvalue weighted by molar-refractivity contribution is 5.77. The van der Waals surface area contributed by atoms with Crippen LogP contribution in [0.3, 0.4) is 0 Å². The zero-order chi connectivity index (χ0) is 16.9. The fourth-order valence-corrected chi connectivity index (χ4v) is 2.49. The lowest BCUT2D eigenvalue weighted by Crippen LogP contribution is -2.52. The molecule has 1 aliphatic heterocycles. The molecule has 1 aromatic rings. The van der Waals surface area contributed by atoms with Gasteiger partial charge in [-0.1, -0.05) is 49.4 Å². The number of hydrogen-bond donors (Lipinski definition) is 1. The second kappa shape index (κ2) is 7.75. The van der Waals surface area contributed by atoms with Crippen molar-refractivity contribution in [1.82, 2.24) is 5.32 Å². The van der Waals surface area contributed by atoms with Gasteiger partial charge in [0.15, 0.2) is 0 Å². The van der Waals surface area contributed by atoms with Crippen LogP contribution in [0.2, 0.25) is 0 Å². The van der Waals surface area contributed by atoms with E-state index in [1.54, 1.807) is 0 Å². The molecule has 0 unspecified atom stereocenters. The highest BCUT2D eigenvalue weighted by atomic mass is 16.6. The van der Waals surface area contributed by atoms with Gasteiger partial charge in [-0.25, -0.2) is 0 Å². The number of hydrogen-bond acceptors (Lipinski definition) is 4. The average Bonchev–Trinajstić information content (AvgIpc) is 2.48. The summed E-state index contributed by atoms with van der Waals surface area (Å²) in [5.74, 6) is -0.0994. The SMILES string of the molecule is C[C@@H]1C=C[C@@H](COCc2ccccc2)N[C@H]1C(=O)OC(C)(C)C. The summed E-state index contributed by atoms with van der Waals surface area (Å²) in [7, 11) is 0. The molecule has 0 fully saturated rings. The number of rotatable bonds is 5. The van der Waals surface area contributed by atoms with Crippen molar-refractivity contribution >= 4 is 5.97 Å². The molecular formula is C19H27NO3. The van der Waals surface area contributed by atoms with Crippen molar-refractivity contribution in [1.29, 1.82) is 0 Å². The second-order valence-corrected chi connectivity index (χ2v) is 7.03. The maximum absolute atomic E-state index is 12.3. The first-order chi connectivity index (χ1) is 10.8. The van der Waals surface area contributed by atoms with E-state index in [0.717, 1.165) is 5.56 Å². The minimum Gasteiger partial charge on any atom is -0.459 e. The molecule has 0 aromatic heterocycles. The predicted octanol–water partition coefficient (Wildman–Crippen LogP) is 3.08. The number of carbonyl (C=O) groups excluding carboxylic acids is 1. The Morgan fingerprint density at radius 1 is 1.17 bits per heavy atom. The van der Waals surface area contributed by atoms with Gasteiger partial charge in [-0.05, 0) is 26.3 Å². The van der Waals surface area contributed by atoms with E-state index < -0.39 is 5.60 Å². The Hall–Kier alpha value is -1.65. The molecule has 4 nitrogen and oxygen atoms in total. The molecule has 1 aromatic carbocycles. The zero-order valence-electron chi connectivity index (χ0n) is 14.4. The van der Waals surface area contributed by atoms with Crippen LogP contribution in [0.25, 0.3) is 0 Å². The van der Waals surface area contributed by atoms with E-state index in [1.807, 2.05) is 58.0 Å². The third kappa shape index (κ3) is 5.81.